The number of imide groups is 1. The van der Waals surface area contributed by atoms with Crippen molar-refractivity contribution in [3.8, 4) is 6.57 Å². The zero-order valence-electron chi connectivity index (χ0n) is 10.5. The third-order valence-electron chi connectivity index (χ3n) is 3.32. The normalized spacial score (nSPS) is 28.4. The molecule has 0 spiro atoms. The summed E-state index contributed by atoms with van der Waals surface area (Å²) in [5.74, 6) is -2.65. The van der Waals surface area contributed by atoms with Crippen molar-refractivity contribution >= 4 is 24.1 Å². The third-order valence-corrected chi connectivity index (χ3v) is 3.32. The molecule has 2 rings (SSSR count). The highest BCUT2D eigenvalue weighted by molar-refractivity contribution is 6.10. The summed E-state index contributed by atoms with van der Waals surface area (Å²) < 4.78 is 0. The number of aliphatic imine (C=N–C) groups is 1. The SMILES string of the molecule is C#[N+]C(=O)N1C(=O)C(CC2=CC=NC(N)C2)C1C(=O)O. The molecule has 0 aromatic carbocycles. The molecule has 1 saturated heterocycles. The number of nitrogens with two attached hydrogens (primary N) is 1. The molecule has 1 fully saturated rings. The van der Waals surface area contributed by atoms with Crippen LogP contribution in [0.25, 0.3) is 4.85 Å². The van der Waals surface area contributed by atoms with Crippen molar-refractivity contribution in [2.45, 2.75) is 25.0 Å². The maximum absolute atomic E-state index is 11.9. The molecule has 0 aromatic rings. The molecule has 104 valence electrons. The number of hydrogen-bond donors (Lipinski definition) is 2. The maximum Gasteiger partial charge on any atom is 0.608 e. The number of rotatable bonds is 3. The Morgan fingerprint density at radius 3 is 2.85 bits per heavy atom. The molecule has 3 amide bonds. The average molecular weight is 277 g/mol. The number of nitrogens with zero attached hydrogens (tertiary/aromatic N) is 3. The van der Waals surface area contributed by atoms with E-state index in [1.165, 1.54) is 6.21 Å². The summed E-state index contributed by atoms with van der Waals surface area (Å²) in [5.41, 5.74) is 6.48. The molecule has 0 aliphatic carbocycles. The Kier molecular flexibility index (Phi) is 3.63. The lowest BCUT2D eigenvalue weighted by molar-refractivity contribution is -0.165. The van der Waals surface area contributed by atoms with Crippen molar-refractivity contribution < 1.29 is 19.5 Å². The first-order valence-electron chi connectivity index (χ1n) is 5.93. The number of carboxylic acid groups (broad SMARTS) is 1. The van der Waals surface area contributed by atoms with Crippen LogP contribution in [-0.2, 0) is 9.59 Å². The fourth-order valence-corrected chi connectivity index (χ4v) is 2.39. The van der Waals surface area contributed by atoms with Gasteiger partial charge < -0.3 is 10.8 Å². The maximum atomic E-state index is 11.9. The summed E-state index contributed by atoms with van der Waals surface area (Å²) >= 11 is 0. The number of β-lactam (4-membered cyclic amide) rings is 1. The van der Waals surface area contributed by atoms with Gasteiger partial charge in [0, 0.05) is 12.6 Å². The lowest BCUT2D eigenvalue weighted by Gasteiger charge is -2.34. The van der Waals surface area contributed by atoms with Gasteiger partial charge in [-0.25, -0.2) is 9.59 Å². The summed E-state index contributed by atoms with van der Waals surface area (Å²) in [4.78, 5) is 41.7. The predicted octanol–water partition coefficient (Wildman–Crippen LogP) is 0.0565. The van der Waals surface area contributed by atoms with E-state index in [9.17, 15) is 14.4 Å². The molecular formula is C12H13N4O4+. The number of carbonyl (C=O) groups is 3. The zero-order chi connectivity index (χ0) is 14.9. The lowest BCUT2D eigenvalue weighted by Crippen LogP contribution is -2.65. The number of hydrogen-bond acceptors (Lipinski definition) is 5. The highest BCUT2D eigenvalue weighted by Gasteiger charge is 2.62. The summed E-state index contributed by atoms with van der Waals surface area (Å²) in [6, 6.07) is -2.28. The van der Waals surface area contributed by atoms with E-state index in [-0.39, 0.29) is 12.6 Å². The predicted molar refractivity (Wildman–Crippen MR) is 69.2 cm³/mol. The average Bonchev–Trinajstić information content (AvgIpc) is 2.40. The Balaban J connectivity index is 2.13. The second-order valence-electron chi connectivity index (χ2n) is 4.61. The van der Waals surface area contributed by atoms with E-state index in [1.807, 2.05) is 0 Å². The number of carboxylic acids is 1. The zero-order valence-corrected chi connectivity index (χ0v) is 10.5. The van der Waals surface area contributed by atoms with Gasteiger partial charge in [-0.05, 0) is 12.5 Å². The monoisotopic (exact) mass is 277 g/mol. The first-order chi connectivity index (χ1) is 9.45. The van der Waals surface area contributed by atoms with Crippen LogP contribution in [0.15, 0.2) is 16.6 Å². The van der Waals surface area contributed by atoms with Crippen LogP contribution in [0.5, 0.6) is 0 Å². The molecule has 0 aromatic heterocycles. The molecule has 8 heteroatoms. The molecule has 0 saturated carbocycles. The van der Waals surface area contributed by atoms with Gasteiger partial charge in [0.1, 0.15) is 18.7 Å². The summed E-state index contributed by atoms with van der Waals surface area (Å²) in [6.45, 7) is 4.80. The molecule has 2 aliphatic rings. The van der Waals surface area contributed by atoms with Gasteiger partial charge in [0.25, 0.3) is 0 Å². The van der Waals surface area contributed by atoms with Gasteiger partial charge in [-0.15, -0.1) is 9.74 Å². The van der Waals surface area contributed by atoms with E-state index < -0.39 is 29.9 Å². The number of dihydropyridines is 1. The fourth-order valence-electron chi connectivity index (χ4n) is 2.39. The van der Waals surface area contributed by atoms with Crippen molar-refractivity contribution in [1.82, 2.24) is 4.90 Å². The van der Waals surface area contributed by atoms with Crippen LogP contribution in [0, 0.1) is 12.5 Å². The Hall–Kier alpha value is -2.53. The number of allylic oxidation sites excluding steroid dienone is 1. The minimum Gasteiger partial charge on any atom is -0.478 e. The highest BCUT2D eigenvalue weighted by atomic mass is 16.4. The second-order valence-corrected chi connectivity index (χ2v) is 4.61. The van der Waals surface area contributed by atoms with Crippen LogP contribution in [0.3, 0.4) is 0 Å². The molecule has 3 N–H and O–H groups in total. The highest BCUT2D eigenvalue weighted by Crippen LogP contribution is 2.34. The van der Waals surface area contributed by atoms with Gasteiger partial charge in [-0.2, -0.15) is 4.79 Å². The van der Waals surface area contributed by atoms with Crippen molar-refractivity contribution in [2.75, 3.05) is 0 Å². The van der Waals surface area contributed by atoms with Gasteiger partial charge in [0.2, 0.25) is 6.04 Å². The van der Waals surface area contributed by atoms with Crippen molar-refractivity contribution in [3.63, 3.8) is 0 Å². The number of aliphatic carboxylic acids is 1. The smallest absolute Gasteiger partial charge is 0.478 e. The molecule has 2 aliphatic heterocycles. The minimum atomic E-state index is -1.26. The Bertz CT molecular complexity index is 574. The number of urea groups is 1. The fraction of sp³-hybridized carbons (Fsp3) is 0.417. The van der Waals surface area contributed by atoms with Gasteiger partial charge in [0.15, 0.2) is 0 Å². The van der Waals surface area contributed by atoms with E-state index in [0.717, 1.165) is 5.57 Å². The van der Waals surface area contributed by atoms with E-state index in [4.69, 9.17) is 17.4 Å². The second kappa shape index (κ2) is 5.22. The molecule has 0 radical (unpaired) electrons. The van der Waals surface area contributed by atoms with E-state index in [1.54, 1.807) is 6.08 Å². The van der Waals surface area contributed by atoms with E-state index >= 15 is 0 Å². The quantitative estimate of drug-likeness (QED) is 0.707. The standard InChI is InChI=1S/C12H12N4O4/c1-14-12(20)16-9(11(18)19)7(10(16)17)4-6-2-3-15-8(13)5-6/h1-3,7-9H,4-5,13H2/p+1. The minimum absolute atomic E-state index is 0.226. The summed E-state index contributed by atoms with van der Waals surface area (Å²) in [5, 5.41) is 9.12. The first-order valence-corrected chi connectivity index (χ1v) is 5.93. The van der Waals surface area contributed by atoms with Crippen LogP contribution in [-0.4, -0.2) is 46.3 Å². The molecule has 2 heterocycles. The number of carbonyl (C=O) groups excluding carboxylic acids is 2. The molecule has 3 atom stereocenters. The molecular weight excluding hydrogens is 264 g/mol. The van der Waals surface area contributed by atoms with Crippen molar-refractivity contribution in [2.24, 2.45) is 16.6 Å². The largest absolute Gasteiger partial charge is 0.608 e. The van der Waals surface area contributed by atoms with Crippen LogP contribution in [0.4, 0.5) is 4.79 Å². The van der Waals surface area contributed by atoms with Gasteiger partial charge in [0.05, 0.1) is 0 Å². The van der Waals surface area contributed by atoms with Gasteiger partial charge in [-0.1, -0.05) is 5.57 Å². The Morgan fingerprint density at radius 2 is 2.30 bits per heavy atom. The van der Waals surface area contributed by atoms with Crippen LogP contribution < -0.4 is 5.73 Å². The first kappa shape index (κ1) is 13.9. The van der Waals surface area contributed by atoms with Crippen molar-refractivity contribution in [1.29, 1.82) is 0 Å². The number of likely N-dealkylation sites (tertiary alicyclic amines) is 1. The summed E-state index contributed by atoms with van der Waals surface area (Å²) in [7, 11) is 0. The van der Waals surface area contributed by atoms with E-state index in [2.05, 4.69) is 9.84 Å². The van der Waals surface area contributed by atoms with Crippen LogP contribution in [0.2, 0.25) is 0 Å². The van der Waals surface area contributed by atoms with Crippen molar-refractivity contribution in [3.05, 3.63) is 16.5 Å². The molecule has 20 heavy (non-hydrogen) atoms. The Labute approximate surface area is 114 Å². The summed E-state index contributed by atoms with van der Waals surface area (Å²) in [6.07, 6.45) is 3.53. The molecule has 0 bridgehead atoms. The number of amides is 3. The van der Waals surface area contributed by atoms with E-state index in [0.29, 0.717) is 11.3 Å². The van der Waals surface area contributed by atoms with Crippen LogP contribution in [0.1, 0.15) is 12.8 Å². The third kappa shape index (κ3) is 2.31. The van der Waals surface area contributed by atoms with Gasteiger partial charge >= 0.3 is 17.9 Å². The Morgan fingerprint density at radius 1 is 1.60 bits per heavy atom. The lowest BCUT2D eigenvalue weighted by atomic mass is 9.81. The molecule has 3 unspecified atom stereocenters. The van der Waals surface area contributed by atoms with Gasteiger partial charge in [-0.3, -0.25) is 4.99 Å². The molecule has 8 nitrogen and oxygen atoms in total. The topological polar surface area (TPSA) is 117 Å². The van der Waals surface area contributed by atoms with Crippen LogP contribution >= 0.6 is 0 Å².